The van der Waals surface area contributed by atoms with Crippen molar-refractivity contribution in [2.75, 3.05) is 6.54 Å². The van der Waals surface area contributed by atoms with Crippen LogP contribution in [0.1, 0.15) is 23.1 Å². The summed E-state index contributed by atoms with van der Waals surface area (Å²) >= 11 is 0. The van der Waals surface area contributed by atoms with Gasteiger partial charge in [0.1, 0.15) is 6.04 Å². The quantitative estimate of drug-likeness (QED) is 0.629. The van der Waals surface area contributed by atoms with Crippen LogP contribution in [0.2, 0.25) is 0 Å². The first-order chi connectivity index (χ1) is 12.9. The normalized spacial score (nSPS) is 11.4. The lowest BCUT2D eigenvalue weighted by molar-refractivity contribution is -0.141. The van der Waals surface area contributed by atoms with Gasteiger partial charge in [-0.25, -0.2) is 4.79 Å². The smallest absolute Gasteiger partial charge is 0.326 e. The van der Waals surface area contributed by atoms with E-state index < -0.39 is 17.9 Å². The monoisotopic (exact) mass is 368 g/mol. The maximum absolute atomic E-state index is 12.0. The van der Waals surface area contributed by atoms with Crippen LogP contribution in [0.25, 0.3) is 0 Å². The van der Waals surface area contributed by atoms with Gasteiger partial charge in [-0.1, -0.05) is 60.2 Å². The molecule has 2 amide bonds. The van der Waals surface area contributed by atoms with E-state index >= 15 is 0 Å². The van der Waals surface area contributed by atoms with Gasteiger partial charge in [0.25, 0.3) is 0 Å². The highest BCUT2D eigenvalue weighted by Gasteiger charge is 2.20. The topological polar surface area (TPSA) is 95.5 Å². The van der Waals surface area contributed by atoms with Gasteiger partial charge in [-0.3, -0.25) is 9.59 Å². The second-order valence-electron chi connectivity index (χ2n) is 6.41. The number of aliphatic carboxylic acids is 1. The molecule has 0 bridgehead atoms. The second-order valence-corrected chi connectivity index (χ2v) is 6.41. The van der Waals surface area contributed by atoms with E-state index in [0.29, 0.717) is 6.42 Å². The maximum atomic E-state index is 12.0. The second kappa shape index (κ2) is 10.1. The van der Waals surface area contributed by atoms with Gasteiger partial charge < -0.3 is 15.7 Å². The molecule has 6 heteroatoms. The first-order valence-electron chi connectivity index (χ1n) is 8.82. The molecule has 1 unspecified atom stereocenters. The van der Waals surface area contributed by atoms with Crippen LogP contribution >= 0.6 is 0 Å². The number of hydrogen-bond acceptors (Lipinski definition) is 3. The van der Waals surface area contributed by atoms with Gasteiger partial charge in [-0.2, -0.15) is 0 Å². The molecule has 0 aromatic heterocycles. The molecule has 0 aliphatic heterocycles. The molecule has 2 aromatic rings. The Bertz CT molecular complexity index is 773. The fourth-order valence-electron chi connectivity index (χ4n) is 2.58. The van der Waals surface area contributed by atoms with Crippen molar-refractivity contribution in [2.24, 2.45) is 0 Å². The lowest BCUT2D eigenvalue weighted by atomic mass is 10.1. The number of amides is 2. The molecule has 0 aliphatic rings. The van der Waals surface area contributed by atoms with Crippen molar-refractivity contribution in [3.05, 3.63) is 71.3 Å². The van der Waals surface area contributed by atoms with Crippen molar-refractivity contribution in [3.63, 3.8) is 0 Å². The largest absolute Gasteiger partial charge is 0.480 e. The first kappa shape index (κ1) is 20.2. The zero-order valence-corrected chi connectivity index (χ0v) is 15.3. The summed E-state index contributed by atoms with van der Waals surface area (Å²) in [4.78, 5) is 35.2. The Morgan fingerprint density at radius 1 is 0.926 bits per heavy atom. The minimum atomic E-state index is -1.11. The van der Waals surface area contributed by atoms with E-state index in [2.05, 4.69) is 10.6 Å². The molecule has 0 heterocycles. The predicted molar refractivity (Wildman–Crippen MR) is 102 cm³/mol. The zero-order chi connectivity index (χ0) is 19.6. The summed E-state index contributed by atoms with van der Waals surface area (Å²) < 4.78 is 0. The van der Waals surface area contributed by atoms with E-state index in [1.807, 2.05) is 49.4 Å². The van der Waals surface area contributed by atoms with Crippen LogP contribution in [0.5, 0.6) is 0 Å². The molecule has 0 fully saturated rings. The minimum Gasteiger partial charge on any atom is -0.480 e. The standard InChI is InChI=1S/C21H24N2O4/c1-15-7-9-16(10-8-15)11-12-19(24)22-14-20(25)23-18(21(26)27)13-17-5-3-2-4-6-17/h2-10,18H,11-14H2,1H3,(H,22,24)(H,23,25)(H,26,27). The molecule has 27 heavy (non-hydrogen) atoms. The summed E-state index contributed by atoms with van der Waals surface area (Å²) in [5, 5.41) is 14.3. The van der Waals surface area contributed by atoms with E-state index in [9.17, 15) is 19.5 Å². The number of carboxylic acid groups (broad SMARTS) is 1. The SMILES string of the molecule is Cc1ccc(CCC(=O)NCC(=O)NC(Cc2ccccc2)C(=O)O)cc1. The van der Waals surface area contributed by atoms with Crippen molar-refractivity contribution in [3.8, 4) is 0 Å². The van der Waals surface area contributed by atoms with E-state index in [-0.39, 0.29) is 25.3 Å². The molecule has 1 atom stereocenters. The van der Waals surface area contributed by atoms with Crippen LogP contribution in [0.4, 0.5) is 0 Å². The van der Waals surface area contributed by atoms with Crippen LogP contribution < -0.4 is 10.6 Å². The number of carboxylic acids is 1. The van der Waals surface area contributed by atoms with Gasteiger partial charge >= 0.3 is 5.97 Å². The molecule has 0 radical (unpaired) electrons. The Labute approximate surface area is 158 Å². The fraction of sp³-hybridized carbons (Fsp3) is 0.286. The van der Waals surface area contributed by atoms with Crippen molar-refractivity contribution < 1.29 is 19.5 Å². The molecule has 0 saturated carbocycles. The molecule has 3 N–H and O–H groups in total. The summed E-state index contributed by atoms with van der Waals surface area (Å²) in [6.07, 6.45) is 1.03. The number of benzene rings is 2. The summed E-state index contributed by atoms with van der Waals surface area (Å²) in [5.41, 5.74) is 3.02. The van der Waals surface area contributed by atoms with Gasteiger partial charge in [-0.05, 0) is 24.5 Å². The summed E-state index contributed by atoms with van der Waals surface area (Å²) in [6, 6.07) is 15.9. The zero-order valence-electron chi connectivity index (χ0n) is 15.3. The van der Waals surface area contributed by atoms with Crippen molar-refractivity contribution in [1.29, 1.82) is 0 Å². The number of hydrogen-bond donors (Lipinski definition) is 3. The average Bonchev–Trinajstić information content (AvgIpc) is 2.66. The Kier molecular flexibility index (Phi) is 7.55. The van der Waals surface area contributed by atoms with Crippen molar-refractivity contribution >= 4 is 17.8 Å². The van der Waals surface area contributed by atoms with Gasteiger partial charge in [0.05, 0.1) is 6.54 Å². The highest BCUT2D eigenvalue weighted by atomic mass is 16.4. The lowest BCUT2D eigenvalue weighted by Crippen LogP contribution is -2.46. The molecule has 0 saturated heterocycles. The van der Waals surface area contributed by atoms with Crippen LogP contribution in [0.3, 0.4) is 0 Å². The van der Waals surface area contributed by atoms with E-state index in [4.69, 9.17) is 0 Å². The summed E-state index contributed by atoms with van der Waals surface area (Å²) in [5.74, 6) is -1.89. The van der Waals surface area contributed by atoms with Crippen LogP contribution in [-0.2, 0) is 27.2 Å². The number of carbonyl (C=O) groups excluding carboxylic acids is 2. The average molecular weight is 368 g/mol. The Balaban J connectivity index is 1.75. The van der Waals surface area contributed by atoms with Crippen molar-refractivity contribution in [1.82, 2.24) is 10.6 Å². The summed E-state index contributed by atoms with van der Waals surface area (Å²) in [6.45, 7) is 1.75. The number of rotatable bonds is 9. The van der Waals surface area contributed by atoms with E-state index in [0.717, 1.165) is 16.7 Å². The van der Waals surface area contributed by atoms with E-state index in [1.54, 1.807) is 12.1 Å². The molecule has 142 valence electrons. The molecule has 2 aromatic carbocycles. The molecular weight excluding hydrogens is 344 g/mol. The van der Waals surface area contributed by atoms with Crippen molar-refractivity contribution in [2.45, 2.75) is 32.2 Å². The number of carbonyl (C=O) groups is 3. The van der Waals surface area contributed by atoms with Gasteiger partial charge in [0, 0.05) is 12.8 Å². The van der Waals surface area contributed by atoms with Gasteiger partial charge in [0.15, 0.2) is 0 Å². The third kappa shape index (κ3) is 7.32. The summed E-state index contributed by atoms with van der Waals surface area (Å²) in [7, 11) is 0. The Morgan fingerprint density at radius 3 is 2.22 bits per heavy atom. The molecule has 6 nitrogen and oxygen atoms in total. The predicted octanol–water partition coefficient (Wildman–Crippen LogP) is 1.86. The van der Waals surface area contributed by atoms with Crippen LogP contribution in [0.15, 0.2) is 54.6 Å². The molecule has 0 spiro atoms. The van der Waals surface area contributed by atoms with Gasteiger partial charge in [0.2, 0.25) is 11.8 Å². The number of nitrogens with one attached hydrogen (secondary N) is 2. The molecular formula is C21H24N2O4. The first-order valence-corrected chi connectivity index (χ1v) is 8.82. The lowest BCUT2D eigenvalue weighted by Gasteiger charge is -2.15. The Hall–Kier alpha value is -3.15. The third-order valence-corrected chi connectivity index (χ3v) is 4.12. The highest BCUT2D eigenvalue weighted by Crippen LogP contribution is 2.06. The highest BCUT2D eigenvalue weighted by molar-refractivity contribution is 5.88. The third-order valence-electron chi connectivity index (χ3n) is 4.12. The van der Waals surface area contributed by atoms with Crippen LogP contribution in [0, 0.1) is 6.92 Å². The Morgan fingerprint density at radius 2 is 1.59 bits per heavy atom. The molecule has 0 aliphatic carbocycles. The fourth-order valence-corrected chi connectivity index (χ4v) is 2.58. The van der Waals surface area contributed by atoms with Crippen LogP contribution in [-0.4, -0.2) is 35.5 Å². The van der Waals surface area contributed by atoms with E-state index in [1.165, 1.54) is 0 Å². The number of aryl methyl sites for hydroxylation is 2. The minimum absolute atomic E-state index is 0.184. The molecule has 2 rings (SSSR count). The maximum Gasteiger partial charge on any atom is 0.326 e. The van der Waals surface area contributed by atoms with Gasteiger partial charge in [-0.15, -0.1) is 0 Å².